The molecule has 0 saturated carbocycles. The van der Waals surface area contributed by atoms with Crippen LogP contribution in [0, 0.1) is 0 Å². The summed E-state index contributed by atoms with van der Waals surface area (Å²) in [6.07, 6.45) is 2.07. The van der Waals surface area contributed by atoms with E-state index >= 15 is 0 Å². The zero-order chi connectivity index (χ0) is 22.1. The van der Waals surface area contributed by atoms with E-state index in [2.05, 4.69) is 17.1 Å². The van der Waals surface area contributed by atoms with Crippen molar-refractivity contribution >= 4 is 23.2 Å². The van der Waals surface area contributed by atoms with Crippen LogP contribution in [-0.4, -0.2) is 63.2 Å². The molecule has 31 heavy (non-hydrogen) atoms. The zero-order valence-electron chi connectivity index (χ0n) is 18.3. The number of amides is 2. The van der Waals surface area contributed by atoms with Gasteiger partial charge in [0.1, 0.15) is 5.75 Å². The number of morpholine rings is 1. The molecule has 1 saturated heterocycles. The number of nitrogens with one attached hydrogen (secondary N) is 1. The maximum atomic E-state index is 12.6. The Kier molecular flexibility index (Phi) is 8.29. The molecule has 0 aromatic heterocycles. The molecule has 7 heteroatoms. The normalized spacial score (nSPS) is 13.5. The molecule has 1 fully saturated rings. The predicted molar refractivity (Wildman–Crippen MR) is 122 cm³/mol. The van der Waals surface area contributed by atoms with Crippen molar-refractivity contribution in [1.82, 2.24) is 4.90 Å². The van der Waals surface area contributed by atoms with Crippen molar-refractivity contribution in [3.63, 3.8) is 0 Å². The van der Waals surface area contributed by atoms with E-state index in [-0.39, 0.29) is 18.4 Å². The molecule has 0 radical (unpaired) electrons. The van der Waals surface area contributed by atoms with Crippen LogP contribution < -0.4 is 15.0 Å². The Hall–Kier alpha value is -3.06. The molecule has 2 aromatic carbocycles. The highest BCUT2D eigenvalue weighted by Gasteiger charge is 2.16. The van der Waals surface area contributed by atoms with Gasteiger partial charge >= 0.3 is 0 Å². The SMILES string of the molecule is CCCCOc1ccc(C(=O)N(C)CC(=O)Nc2ccc(N3CCOCC3)cc2)cc1. The molecule has 1 aliphatic rings. The van der Waals surface area contributed by atoms with Gasteiger partial charge in [0.2, 0.25) is 5.91 Å². The average Bonchev–Trinajstić information content (AvgIpc) is 2.80. The van der Waals surface area contributed by atoms with Crippen LogP contribution >= 0.6 is 0 Å². The third kappa shape index (κ3) is 6.72. The molecule has 7 nitrogen and oxygen atoms in total. The van der Waals surface area contributed by atoms with Gasteiger partial charge in [-0.3, -0.25) is 9.59 Å². The molecule has 0 unspecified atom stereocenters. The van der Waals surface area contributed by atoms with Crippen LogP contribution in [0.3, 0.4) is 0 Å². The standard InChI is InChI=1S/C24H31N3O4/c1-3-4-15-31-22-11-5-19(6-12-22)24(29)26(2)18-23(28)25-20-7-9-21(10-8-20)27-13-16-30-17-14-27/h5-12H,3-4,13-18H2,1-2H3,(H,25,28). The summed E-state index contributed by atoms with van der Waals surface area (Å²) in [5.74, 6) is 0.290. The number of carbonyl (C=O) groups excluding carboxylic acids is 2. The highest BCUT2D eigenvalue weighted by molar-refractivity contribution is 5.99. The molecule has 3 rings (SSSR count). The van der Waals surface area contributed by atoms with Crippen LogP contribution in [0.1, 0.15) is 30.1 Å². The first kappa shape index (κ1) is 22.6. The maximum absolute atomic E-state index is 12.6. The Morgan fingerprint density at radius 1 is 1.06 bits per heavy atom. The summed E-state index contributed by atoms with van der Waals surface area (Å²) in [5, 5.41) is 2.85. The van der Waals surface area contributed by atoms with E-state index in [9.17, 15) is 9.59 Å². The summed E-state index contributed by atoms with van der Waals surface area (Å²) in [6.45, 7) is 5.93. The molecule has 0 aliphatic carbocycles. The van der Waals surface area contributed by atoms with E-state index in [1.54, 1.807) is 31.3 Å². The summed E-state index contributed by atoms with van der Waals surface area (Å²) in [7, 11) is 1.62. The Morgan fingerprint density at radius 3 is 2.39 bits per heavy atom. The lowest BCUT2D eigenvalue weighted by Crippen LogP contribution is -2.36. The fourth-order valence-electron chi connectivity index (χ4n) is 3.31. The molecule has 0 bridgehead atoms. The van der Waals surface area contributed by atoms with Gasteiger partial charge in [0.25, 0.3) is 5.91 Å². The van der Waals surface area contributed by atoms with Gasteiger partial charge in [-0.05, 0) is 55.0 Å². The Bertz CT molecular complexity index is 846. The van der Waals surface area contributed by atoms with E-state index in [4.69, 9.17) is 9.47 Å². The quantitative estimate of drug-likeness (QED) is 0.624. The number of benzene rings is 2. The van der Waals surface area contributed by atoms with Gasteiger partial charge in [-0.25, -0.2) is 0 Å². The lowest BCUT2D eigenvalue weighted by atomic mass is 10.2. The fourth-order valence-corrected chi connectivity index (χ4v) is 3.31. The minimum absolute atomic E-state index is 0.0290. The molecule has 0 atom stereocenters. The van der Waals surface area contributed by atoms with Crippen LogP contribution in [0.5, 0.6) is 5.75 Å². The van der Waals surface area contributed by atoms with Crippen molar-refractivity contribution < 1.29 is 19.1 Å². The average molecular weight is 426 g/mol. The molecule has 1 heterocycles. The van der Waals surface area contributed by atoms with Crippen LogP contribution in [-0.2, 0) is 9.53 Å². The number of ether oxygens (including phenoxy) is 2. The first-order valence-electron chi connectivity index (χ1n) is 10.8. The number of unbranched alkanes of at least 4 members (excludes halogenated alkanes) is 1. The number of hydrogen-bond acceptors (Lipinski definition) is 5. The van der Waals surface area contributed by atoms with Gasteiger partial charge in [-0.2, -0.15) is 0 Å². The summed E-state index contributed by atoms with van der Waals surface area (Å²) in [5.41, 5.74) is 2.33. The van der Waals surface area contributed by atoms with Crippen molar-refractivity contribution in [2.24, 2.45) is 0 Å². The van der Waals surface area contributed by atoms with E-state index in [0.717, 1.165) is 50.6 Å². The van der Waals surface area contributed by atoms with Crippen molar-refractivity contribution in [2.75, 3.05) is 56.7 Å². The molecular formula is C24H31N3O4. The summed E-state index contributed by atoms with van der Waals surface area (Å²) >= 11 is 0. The third-order valence-electron chi connectivity index (χ3n) is 5.12. The lowest BCUT2D eigenvalue weighted by molar-refractivity contribution is -0.116. The summed E-state index contributed by atoms with van der Waals surface area (Å²) in [4.78, 5) is 28.7. The van der Waals surface area contributed by atoms with Crippen LogP contribution in [0.4, 0.5) is 11.4 Å². The number of nitrogens with zero attached hydrogens (tertiary/aromatic N) is 2. The molecule has 1 aliphatic heterocycles. The first-order chi connectivity index (χ1) is 15.1. The number of carbonyl (C=O) groups is 2. The highest BCUT2D eigenvalue weighted by Crippen LogP contribution is 2.19. The van der Waals surface area contributed by atoms with Crippen molar-refractivity contribution in [3.8, 4) is 5.75 Å². The first-order valence-corrected chi connectivity index (χ1v) is 10.8. The second-order valence-electron chi connectivity index (χ2n) is 7.58. The van der Waals surface area contributed by atoms with Gasteiger partial charge in [-0.15, -0.1) is 0 Å². The van der Waals surface area contributed by atoms with Crippen molar-refractivity contribution in [2.45, 2.75) is 19.8 Å². The molecule has 2 amide bonds. The van der Waals surface area contributed by atoms with Gasteiger partial charge < -0.3 is 24.6 Å². The molecule has 166 valence electrons. The van der Waals surface area contributed by atoms with E-state index < -0.39 is 0 Å². The third-order valence-corrected chi connectivity index (χ3v) is 5.12. The van der Waals surface area contributed by atoms with Crippen molar-refractivity contribution in [3.05, 3.63) is 54.1 Å². The second kappa shape index (κ2) is 11.4. The van der Waals surface area contributed by atoms with E-state index in [1.165, 1.54) is 4.90 Å². The van der Waals surface area contributed by atoms with Gasteiger partial charge in [0.05, 0.1) is 26.4 Å². The molecule has 0 spiro atoms. The molecular weight excluding hydrogens is 394 g/mol. The Labute approximate surface area is 183 Å². The topological polar surface area (TPSA) is 71.1 Å². The van der Waals surface area contributed by atoms with Crippen molar-refractivity contribution in [1.29, 1.82) is 0 Å². The Balaban J connectivity index is 1.48. The van der Waals surface area contributed by atoms with Gasteiger partial charge in [0, 0.05) is 37.1 Å². The van der Waals surface area contributed by atoms with E-state index in [1.807, 2.05) is 24.3 Å². The minimum atomic E-state index is -0.241. The predicted octanol–water partition coefficient (Wildman–Crippen LogP) is 3.41. The number of rotatable bonds is 9. The zero-order valence-corrected chi connectivity index (χ0v) is 18.3. The number of hydrogen-bond donors (Lipinski definition) is 1. The minimum Gasteiger partial charge on any atom is -0.494 e. The monoisotopic (exact) mass is 425 g/mol. The molecule has 2 aromatic rings. The second-order valence-corrected chi connectivity index (χ2v) is 7.58. The van der Waals surface area contributed by atoms with E-state index in [0.29, 0.717) is 17.9 Å². The van der Waals surface area contributed by atoms with Crippen LogP contribution in [0.2, 0.25) is 0 Å². The Morgan fingerprint density at radius 2 is 1.74 bits per heavy atom. The maximum Gasteiger partial charge on any atom is 0.254 e. The lowest BCUT2D eigenvalue weighted by Gasteiger charge is -2.28. The summed E-state index contributed by atoms with van der Waals surface area (Å²) in [6, 6.07) is 14.7. The van der Waals surface area contributed by atoms with Crippen LogP contribution in [0.15, 0.2) is 48.5 Å². The van der Waals surface area contributed by atoms with Gasteiger partial charge in [0.15, 0.2) is 0 Å². The number of anilines is 2. The fraction of sp³-hybridized carbons (Fsp3) is 0.417. The largest absolute Gasteiger partial charge is 0.494 e. The summed E-state index contributed by atoms with van der Waals surface area (Å²) < 4.78 is 11.0. The highest BCUT2D eigenvalue weighted by atomic mass is 16.5. The smallest absolute Gasteiger partial charge is 0.254 e. The van der Waals surface area contributed by atoms with Gasteiger partial charge in [-0.1, -0.05) is 13.3 Å². The molecule has 1 N–H and O–H groups in total. The number of likely N-dealkylation sites (N-methyl/N-ethyl adjacent to an activating group) is 1. The van der Waals surface area contributed by atoms with Crippen LogP contribution in [0.25, 0.3) is 0 Å².